The second-order valence-corrected chi connectivity index (χ2v) is 4.99. The summed E-state index contributed by atoms with van der Waals surface area (Å²) in [5.74, 6) is 1.80. The number of nitrogens with one attached hydrogen (secondary N) is 1. The molecule has 1 aromatic heterocycles. The molecule has 5 nitrogen and oxygen atoms in total. The van der Waals surface area contributed by atoms with Gasteiger partial charge >= 0.3 is 0 Å². The van der Waals surface area contributed by atoms with Crippen molar-refractivity contribution in [2.24, 2.45) is 0 Å². The molecule has 106 valence electrons. The van der Waals surface area contributed by atoms with Gasteiger partial charge in [0.25, 0.3) is 0 Å². The summed E-state index contributed by atoms with van der Waals surface area (Å²) < 4.78 is 5.67. The molecule has 1 aliphatic heterocycles. The Hall–Kier alpha value is -1.20. The fourth-order valence-electron chi connectivity index (χ4n) is 2.50. The molecule has 19 heavy (non-hydrogen) atoms. The zero-order valence-electron chi connectivity index (χ0n) is 12.1. The zero-order valence-corrected chi connectivity index (χ0v) is 12.1. The molecular weight excluding hydrogens is 240 g/mol. The van der Waals surface area contributed by atoms with Crippen LogP contribution in [0.5, 0.6) is 0 Å². The van der Waals surface area contributed by atoms with Crippen molar-refractivity contribution in [3.8, 4) is 0 Å². The van der Waals surface area contributed by atoms with Crippen molar-refractivity contribution < 1.29 is 4.74 Å². The van der Waals surface area contributed by atoms with Gasteiger partial charge in [0.15, 0.2) is 0 Å². The predicted octanol–water partition coefficient (Wildman–Crippen LogP) is 1.83. The van der Waals surface area contributed by atoms with Crippen molar-refractivity contribution in [1.29, 1.82) is 0 Å². The second-order valence-electron chi connectivity index (χ2n) is 4.99. The van der Waals surface area contributed by atoms with Gasteiger partial charge in [-0.05, 0) is 26.7 Å². The van der Waals surface area contributed by atoms with E-state index in [2.05, 4.69) is 27.1 Å². The third-order valence-corrected chi connectivity index (χ3v) is 3.46. The number of nitrogens with zero attached hydrogens (tertiary/aromatic N) is 3. The molecule has 0 aromatic carbocycles. The summed E-state index contributed by atoms with van der Waals surface area (Å²) in [5, 5.41) is 3.08. The van der Waals surface area contributed by atoms with E-state index in [1.807, 2.05) is 20.0 Å². The molecule has 1 N–H and O–H groups in total. The Morgan fingerprint density at radius 3 is 2.74 bits per heavy atom. The third kappa shape index (κ3) is 4.14. The van der Waals surface area contributed by atoms with Gasteiger partial charge in [0.2, 0.25) is 0 Å². The fourth-order valence-corrected chi connectivity index (χ4v) is 2.50. The largest absolute Gasteiger partial charge is 0.378 e. The highest BCUT2D eigenvalue weighted by Gasteiger charge is 2.20. The summed E-state index contributed by atoms with van der Waals surface area (Å²) in [5.41, 5.74) is 1.01. The van der Waals surface area contributed by atoms with Crippen LogP contribution in [-0.2, 0) is 11.3 Å². The molecule has 1 aromatic rings. The minimum absolute atomic E-state index is 0.438. The van der Waals surface area contributed by atoms with E-state index in [-0.39, 0.29) is 0 Å². The smallest absolute Gasteiger partial charge is 0.144 e. The fraction of sp³-hybridized carbons (Fsp3) is 0.714. The number of rotatable bonds is 5. The van der Waals surface area contributed by atoms with Crippen LogP contribution in [0.15, 0.2) is 6.07 Å². The van der Waals surface area contributed by atoms with Gasteiger partial charge in [-0.2, -0.15) is 0 Å². The van der Waals surface area contributed by atoms with Crippen LogP contribution in [0.4, 0.5) is 5.82 Å². The van der Waals surface area contributed by atoms with Gasteiger partial charge in [-0.3, -0.25) is 4.90 Å². The van der Waals surface area contributed by atoms with Gasteiger partial charge in [0.05, 0.1) is 12.6 Å². The van der Waals surface area contributed by atoms with Gasteiger partial charge in [0, 0.05) is 38.5 Å². The van der Waals surface area contributed by atoms with E-state index < -0.39 is 0 Å². The van der Waals surface area contributed by atoms with Crippen LogP contribution in [0.25, 0.3) is 0 Å². The average molecular weight is 264 g/mol. The molecule has 0 unspecified atom stereocenters. The molecule has 5 heteroatoms. The molecule has 1 aliphatic rings. The third-order valence-electron chi connectivity index (χ3n) is 3.46. The quantitative estimate of drug-likeness (QED) is 0.879. The first-order valence-electron chi connectivity index (χ1n) is 7.07. The maximum Gasteiger partial charge on any atom is 0.144 e. The van der Waals surface area contributed by atoms with Crippen LogP contribution in [-0.4, -0.2) is 47.7 Å². The number of hydrogen-bond donors (Lipinski definition) is 1. The van der Waals surface area contributed by atoms with Crippen molar-refractivity contribution in [2.45, 2.75) is 39.3 Å². The Balaban J connectivity index is 1.90. The molecule has 0 spiro atoms. The first-order valence-corrected chi connectivity index (χ1v) is 7.07. The van der Waals surface area contributed by atoms with Crippen LogP contribution in [0.3, 0.4) is 0 Å². The monoisotopic (exact) mass is 264 g/mol. The van der Waals surface area contributed by atoms with E-state index in [9.17, 15) is 0 Å². The normalized spacial score (nSPS) is 17.6. The van der Waals surface area contributed by atoms with Crippen LogP contribution < -0.4 is 5.32 Å². The van der Waals surface area contributed by atoms with Gasteiger partial charge < -0.3 is 10.1 Å². The lowest BCUT2D eigenvalue weighted by Gasteiger charge is -2.31. The Bertz CT molecular complexity index is 402. The number of anilines is 1. The van der Waals surface area contributed by atoms with Crippen molar-refractivity contribution >= 4 is 5.82 Å². The average Bonchev–Trinajstić information content (AvgIpc) is 2.40. The second kappa shape index (κ2) is 6.82. The van der Waals surface area contributed by atoms with Crippen molar-refractivity contribution in [3.63, 3.8) is 0 Å². The van der Waals surface area contributed by atoms with E-state index in [1.165, 1.54) is 0 Å². The molecular formula is C14H24N4O. The van der Waals surface area contributed by atoms with Crippen molar-refractivity contribution in [1.82, 2.24) is 14.9 Å². The molecule has 0 saturated carbocycles. The highest BCUT2D eigenvalue weighted by Crippen LogP contribution is 2.16. The molecule has 1 saturated heterocycles. The molecule has 0 atom stereocenters. The molecule has 0 bridgehead atoms. The Morgan fingerprint density at radius 2 is 2.11 bits per heavy atom. The molecule has 0 radical (unpaired) electrons. The summed E-state index contributed by atoms with van der Waals surface area (Å²) in [7, 11) is 1.89. The van der Waals surface area contributed by atoms with Gasteiger partial charge in [-0.1, -0.05) is 0 Å². The van der Waals surface area contributed by atoms with Gasteiger partial charge in [-0.15, -0.1) is 0 Å². The summed E-state index contributed by atoms with van der Waals surface area (Å²) in [6, 6.07) is 1.96. The summed E-state index contributed by atoms with van der Waals surface area (Å²) in [6.07, 6.45) is 2.66. The summed E-state index contributed by atoms with van der Waals surface area (Å²) in [4.78, 5) is 11.4. The lowest BCUT2D eigenvalue weighted by Crippen LogP contribution is -2.37. The van der Waals surface area contributed by atoms with Crippen LogP contribution >= 0.6 is 0 Å². The molecule has 2 rings (SSSR count). The van der Waals surface area contributed by atoms with Crippen LogP contribution in [0, 0.1) is 6.92 Å². The lowest BCUT2D eigenvalue weighted by molar-refractivity contribution is 0.0120. The number of ether oxygens (including phenoxy) is 1. The first kappa shape index (κ1) is 14.2. The van der Waals surface area contributed by atoms with Crippen molar-refractivity contribution in [3.05, 3.63) is 17.6 Å². The summed E-state index contributed by atoms with van der Waals surface area (Å²) >= 11 is 0. The zero-order chi connectivity index (χ0) is 13.7. The van der Waals surface area contributed by atoms with E-state index in [4.69, 9.17) is 4.74 Å². The van der Waals surface area contributed by atoms with Crippen molar-refractivity contribution in [2.75, 3.05) is 32.1 Å². The van der Waals surface area contributed by atoms with E-state index in [0.29, 0.717) is 6.10 Å². The molecule has 1 fully saturated rings. The standard InChI is InChI=1S/C14H24N4O/c1-4-19-12-5-7-18(8-6-12)10-14-16-11(2)9-13(15-3)17-14/h9,12H,4-8,10H2,1-3H3,(H,15,16,17). The summed E-state index contributed by atoms with van der Waals surface area (Å²) in [6.45, 7) is 7.85. The van der Waals surface area contributed by atoms with Gasteiger partial charge in [0.1, 0.15) is 11.6 Å². The van der Waals surface area contributed by atoms with Crippen LogP contribution in [0.2, 0.25) is 0 Å². The minimum atomic E-state index is 0.438. The first-order chi connectivity index (χ1) is 9.21. The maximum absolute atomic E-state index is 5.67. The predicted molar refractivity (Wildman–Crippen MR) is 76.2 cm³/mol. The number of aromatic nitrogens is 2. The molecule has 0 aliphatic carbocycles. The Labute approximate surface area is 115 Å². The molecule has 0 amide bonds. The Morgan fingerprint density at radius 1 is 1.37 bits per heavy atom. The number of hydrogen-bond acceptors (Lipinski definition) is 5. The highest BCUT2D eigenvalue weighted by molar-refractivity contribution is 5.34. The maximum atomic E-state index is 5.67. The Kier molecular flexibility index (Phi) is 5.10. The van der Waals surface area contributed by atoms with E-state index in [0.717, 1.165) is 56.4 Å². The van der Waals surface area contributed by atoms with E-state index >= 15 is 0 Å². The lowest BCUT2D eigenvalue weighted by atomic mass is 10.1. The van der Waals surface area contributed by atoms with E-state index in [1.54, 1.807) is 0 Å². The number of likely N-dealkylation sites (tertiary alicyclic amines) is 1. The number of aryl methyl sites for hydroxylation is 1. The highest BCUT2D eigenvalue weighted by atomic mass is 16.5. The van der Waals surface area contributed by atoms with Crippen LogP contribution in [0.1, 0.15) is 31.3 Å². The SMILES string of the molecule is CCOC1CCN(Cc2nc(C)cc(NC)n2)CC1. The molecule has 2 heterocycles. The number of piperidine rings is 1. The minimum Gasteiger partial charge on any atom is -0.378 e. The van der Waals surface area contributed by atoms with Gasteiger partial charge in [-0.25, -0.2) is 9.97 Å². The topological polar surface area (TPSA) is 50.3 Å².